The Morgan fingerprint density at radius 3 is 2.75 bits per heavy atom. The van der Waals surface area contributed by atoms with Gasteiger partial charge in [0.25, 0.3) is 0 Å². The zero-order valence-corrected chi connectivity index (χ0v) is 10.7. The number of nitrogens with zero attached hydrogens (tertiary/aromatic N) is 2. The van der Waals surface area contributed by atoms with Crippen LogP contribution in [0.1, 0.15) is 35.6 Å². The number of ketones is 1. The van der Waals surface area contributed by atoms with E-state index in [0.717, 1.165) is 37.2 Å². The standard InChI is InChI=1S/C12H18N2OS/c1-9-13-7-12(16-9)8-14(2)10-3-5-11(15)6-4-10/h7,10H,3-6,8H2,1-2H3. The van der Waals surface area contributed by atoms with Gasteiger partial charge in [-0.3, -0.25) is 9.69 Å². The van der Waals surface area contributed by atoms with Crippen LogP contribution >= 0.6 is 11.3 Å². The zero-order chi connectivity index (χ0) is 11.5. The van der Waals surface area contributed by atoms with Crippen molar-refractivity contribution in [3.63, 3.8) is 0 Å². The Morgan fingerprint density at radius 2 is 2.19 bits per heavy atom. The van der Waals surface area contributed by atoms with Gasteiger partial charge in [-0.25, -0.2) is 4.98 Å². The van der Waals surface area contributed by atoms with Gasteiger partial charge in [-0.15, -0.1) is 11.3 Å². The van der Waals surface area contributed by atoms with Crippen LogP contribution in [0.4, 0.5) is 0 Å². The van der Waals surface area contributed by atoms with Crippen molar-refractivity contribution in [2.75, 3.05) is 7.05 Å². The van der Waals surface area contributed by atoms with Gasteiger partial charge >= 0.3 is 0 Å². The first-order valence-electron chi connectivity index (χ1n) is 5.78. The molecule has 0 N–H and O–H groups in total. The number of hydrogen-bond acceptors (Lipinski definition) is 4. The molecule has 88 valence electrons. The summed E-state index contributed by atoms with van der Waals surface area (Å²) in [6.45, 7) is 3.00. The number of aryl methyl sites for hydroxylation is 1. The molecule has 0 unspecified atom stereocenters. The van der Waals surface area contributed by atoms with Crippen molar-refractivity contribution in [3.05, 3.63) is 16.1 Å². The average Bonchev–Trinajstić information content (AvgIpc) is 2.65. The Balaban J connectivity index is 1.88. The van der Waals surface area contributed by atoms with Crippen LogP contribution in [0.25, 0.3) is 0 Å². The molecule has 1 aliphatic rings. The van der Waals surface area contributed by atoms with Crippen molar-refractivity contribution in [1.29, 1.82) is 0 Å². The Kier molecular flexibility index (Phi) is 3.71. The molecule has 1 saturated carbocycles. The van der Waals surface area contributed by atoms with Crippen molar-refractivity contribution < 1.29 is 4.79 Å². The first kappa shape index (κ1) is 11.7. The minimum Gasteiger partial charge on any atom is -0.300 e. The summed E-state index contributed by atoms with van der Waals surface area (Å²) in [4.78, 5) is 19.1. The molecule has 0 amide bonds. The number of Topliss-reactive ketones (excluding diaryl/α,β-unsaturated/α-hetero) is 1. The van der Waals surface area contributed by atoms with Crippen molar-refractivity contribution in [3.8, 4) is 0 Å². The van der Waals surface area contributed by atoms with E-state index >= 15 is 0 Å². The summed E-state index contributed by atoms with van der Waals surface area (Å²) in [5.74, 6) is 0.429. The smallest absolute Gasteiger partial charge is 0.133 e. The van der Waals surface area contributed by atoms with Crippen LogP contribution in [0, 0.1) is 6.92 Å². The highest BCUT2D eigenvalue weighted by Gasteiger charge is 2.22. The quantitative estimate of drug-likeness (QED) is 0.810. The number of aromatic nitrogens is 1. The lowest BCUT2D eigenvalue weighted by Crippen LogP contribution is -2.34. The molecule has 0 atom stereocenters. The molecule has 4 heteroatoms. The molecule has 1 aromatic rings. The molecule has 0 saturated heterocycles. The molecule has 0 aliphatic heterocycles. The molecule has 2 rings (SSSR count). The molecule has 1 heterocycles. The maximum absolute atomic E-state index is 11.2. The average molecular weight is 238 g/mol. The van der Waals surface area contributed by atoms with Crippen molar-refractivity contribution in [1.82, 2.24) is 9.88 Å². The fourth-order valence-electron chi connectivity index (χ4n) is 2.22. The molecule has 1 aliphatic carbocycles. The van der Waals surface area contributed by atoms with Crippen LogP contribution in [-0.2, 0) is 11.3 Å². The molecule has 0 bridgehead atoms. The van der Waals surface area contributed by atoms with Gasteiger partial charge in [0.2, 0.25) is 0 Å². The molecule has 0 spiro atoms. The third-order valence-corrected chi connectivity index (χ3v) is 4.11. The van der Waals surface area contributed by atoms with E-state index in [1.165, 1.54) is 4.88 Å². The van der Waals surface area contributed by atoms with Gasteiger partial charge in [0.15, 0.2) is 0 Å². The number of carbonyl (C=O) groups is 1. The van der Waals surface area contributed by atoms with Crippen LogP contribution in [0.5, 0.6) is 0 Å². The van der Waals surface area contributed by atoms with E-state index in [1.807, 2.05) is 13.1 Å². The molecule has 0 aromatic carbocycles. The lowest BCUT2D eigenvalue weighted by atomic mass is 9.93. The Morgan fingerprint density at radius 1 is 1.50 bits per heavy atom. The van der Waals surface area contributed by atoms with Crippen molar-refractivity contribution >= 4 is 17.1 Å². The normalized spacial score (nSPS) is 18.3. The van der Waals surface area contributed by atoms with Crippen LogP contribution in [0.15, 0.2) is 6.20 Å². The lowest BCUT2D eigenvalue weighted by molar-refractivity contribution is -0.121. The van der Waals surface area contributed by atoms with Crippen LogP contribution in [0.2, 0.25) is 0 Å². The first-order valence-corrected chi connectivity index (χ1v) is 6.60. The summed E-state index contributed by atoms with van der Waals surface area (Å²) < 4.78 is 0. The van der Waals surface area contributed by atoms with Crippen LogP contribution in [0.3, 0.4) is 0 Å². The third kappa shape index (κ3) is 2.89. The molecule has 3 nitrogen and oxygen atoms in total. The van der Waals surface area contributed by atoms with Crippen LogP contribution < -0.4 is 0 Å². The minimum absolute atomic E-state index is 0.429. The summed E-state index contributed by atoms with van der Waals surface area (Å²) in [6, 6.07) is 0.570. The highest BCUT2D eigenvalue weighted by molar-refractivity contribution is 7.11. The molecule has 16 heavy (non-hydrogen) atoms. The second-order valence-corrected chi connectivity index (χ2v) is 5.85. The summed E-state index contributed by atoms with van der Waals surface area (Å²) in [5.41, 5.74) is 0. The second kappa shape index (κ2) is 5.06. The van der Waals surface area contributed by atoms with Crippen molar-refractivity contribution in [2.45, 2.75) is 45.2 Å². The maximum Gasteiger partial charge on any atom is 0.133 e. The van der Waals surface area contributed by atoms with E-state index in [-0.39, 0.29) is 0 Å². The molecular formula is C12H18N2OS. The fraction of sp³-hybridized carbons (Fsp3) is 0.667. The van der Waals surface area contributed by atoms with E-state index in [2.05, 4.69) is 16.9 Å². The second-order valence-electron chi connectivity index (χ2n) is 4.53. The number of carbonyl (C=O) groups excluding carboxylic acids is 1. The maximum atomic E-state index is 11.2. The predicted octanol–water partition coefficient (Wildman–Crippen LogP) is 2.40. The monoisotopic (exact) mass is 238 g/mol. The highest BCUT2D eigenvalue weighted by atomic mass is 32.1. The molecular weight excluding hydrogens is 220 g/mol. The van der Waals surface area contributed by atoms with Gasteiger partial charge in [0, 0.05) is 36.5 Å². The topological polar surface area (TPSA) is 33.2 Å². The van der Waals surface area contributed by atoms with Gasteiger partial charge in [-0.2, -0.15) is 0 Å². The molecule has 1 aromatic heterocycles. The van der Waals surface area contributed by atoms with Crippen molar-refractivity contribution in [2.24, 2.45) is 0 Å². The van der Waals surface area contributed by atoms with E-state index < -0.39 is 0 Å². The van der Waals surface area contributed by atoms with Gasteiger partial charge in [-0.1, -0.05) is 0 Å². The van der Waals surface area contributed by atoms with E-state index in [4.69, 9.17) is 0 Å². The SMILES string of the molecule is Cc1ncc(CN(C)C2CCC(=O)CC2)s1. The predicted molar refractivity (Wildman–Crippen MR) is 65.6 cm³/mol. The summed E-state index contributed by atoms with van der Waals surface area (Å²) in [7, 11) is 2.15. The molecule has 1 fully saturated rings. The minimum atomic E-state index is 0.429. The summed E-state index contributed by atoms with van der Waals surface area (Å²) in [5, 5.41) is 1.13. The van der Waals surface area contributed by atoms with Gasteiger partial charge in [0.05, 0.1) is 5.01 Å². The van der Waals surface area contributed by atoms with Gasteiger partial charge in [-0.05, 0) is 26.8 Å². The lowest BCUT2D eigenvalue weighted by Gasteiger charge is -2.30. The van der Waals surface area contributed by atoms with E-state index in [0.29, 0.717) is 11.8 Å². The number of hydrogen-bond donors (Lipinski definition) is 0. The Hall–Kier alpha value is -0.740. The molecule has 0 radical (unpaired) electrons. The number of rotatable bonds is 3. The fourth-order valence-corrected chi connectivity index (χ4v) is 3.08. The van der Waals surface area contributed by atoms with Crippen LogP contribution in [-0.4, -0.2) is 28.8 Å². The highest BCUT2D eigenvalue weighted by Crippen LogP contribution is 2.22. The first-order chi connectivity index (χ1) is 7.65. The van der Waals surface area contributed by atoms with E-state index in [1.54, 1.807) is 11.3 Å². The third-order valence-electron chi connectivity index (χ3n) is 3.21. The summed E-state index contributed by atoms with van der Waals surface area (Å²) in [6.07, 6.45) is 5.53. The van der Waals surface area contributed by atoms with Gasteiger partial charge in [0.1, 0.15) is 5.78 Å². The largest absolute Gasteiger partial charge is 0.300 e. The summed E-state index contributed by atoms with van der Waals surface area (Å²) >= 11 is 1.76. The Labute approximate surface area is 100 Å². The van der Waals surface area contributed by atoms with Gasteiger partial charge < -0.3 is 0 Å². The zero-order valence-electron chi connectivity index (χ0n) is 9.90. The van der Waals surface area contributed by atoms with E-state index in [9.17, 15) is 4.79 Å². The number of thiazole rings is 1. The Bertz CT molecular complexity index is 365.